The molecular weight excluding hydrogens is 427 g/mol. The molecule has 0 radical (unpaired) electrons. The molecule has 3 atom stereocenters. The highest BCUT2D eigenvalue weighted by molar-refractivity contribution is 7.92. The van der Waals surface area contributed by atoms with Crippen LogP contribution in [0.25, 0.3) is 0 Å². The smallest absolute Gasteiger partial charge is 0.262 e. The lowest BCUT2D eigenvalue weighted by molar-refractivity contribution is 0.417. The van der Waals surface area contributed by atoms with E-state index in [1.807, 2.05) is 18.2 Å². The van der Waals surface area contributed by atoms with Gasteiger partial charge in [-0.3, -0.25) is 4.72 Å². The Balaban J connectivity index is 1.49. The zero-order valence-electron chi connectivity index (χ0n) is 17.5. The highest BCUT2D eigenvalue weighted by atomic mass is 32.2. The van der Waals surface area contributed by atoms with Crippen LogP contribution in [0.2, 0.25) is 0 Å². The number of sulfonamides is 1. The van der Waals surface area contributed by atoms with E-state index in [0.717, 1.165) is 23.2 Å². The molecule has 5 nitrogen and oxygen atoms in total. The van der Waals surface area contributed by atoms with E-state index in [-0.39, 0.29) is 28.6 Å². The minimum atomic E-state index is -3.80. The molecule has 0 saturated carbocycles. The number of nitrogens with one attached hydrogen (secondary N) is 2. The molecule has 7 heteroatoms. The van der Waals surface area contributed by atoms with Gasteiger partial charge in [-0.15, -0.1) is 0 Å². The highest BCUT2D eigenvalue weighted by Crippen LogP contribution is 2.50. The fraction of sp³-hybridized carbons (Fsp3) is 0.200. The lowest BCUT2D eigenvalue weighted by Crippen LogP contribution is -2.29. The molecule has 0 fully saturated rings. The van der Waals surface area contributed by atoms with Crippen molar-refractivity contribution in [3.63, 3.8) is 0 Å². The second-order valence-electron chi connectivity index (χ2n) is 8.08. The third-order valence-electron chi connectivity index (χ3n) is 6.22. The molecule has 0 amide bonds. The monoisotopic (exact) mass is 450 g/mol. The highest BCUT2D eigenvalue weighted by Gasteiger charge is 2.38. The molecular formula is C25H23FN2O3S. The van der Waals surface area contributed by atoms with Gasteiger partial charge in [-0.25, -0.2) is 12.8 Å². The zero-order valence-corrected chi connectivity index (χ0v) is 18.3. The number of anilines is 2. The predicted octanol–water partition coefficient (Wildman–Crippen LogP) is 5.46. The van der Waals surface area contributed by atoms with Crippen molar-refractivity contribution in [3.05, 3.63) is 95.8 Å². The molecule has 0 bridgehead atoms. The van der Waals surface area contributed by atoms with Gasteiger partial charge in [0.25, 0.3) is 10.0 Å². The summed E-state index contributed by atoms with van der Waals surface area (Å²) >= 11 is 0. The molecule has 0 unspecified atom stereocenters. The topological polar surface area (TPSA) is 67.4 Å². The Morgan fingerprint density at radius 3 is 2.62 bits per heavy atom. The molecule has 32 heavy (non-hydrogen) atoms. The van der Waals surface area contributed by atoms with Gasteiger partial charge in [0.1, 0.15) is 11.6 Å². The molecule has 164 valence electrons. The van der Waals surface area contributed by atoms with Gasteiger partial charge in [-0.2, -0.15) is 0 Å². The fourth-order valence-corrected chi connectivity index (χ4v) is 5.78. The van der Waals surface area contributed by atoms with E-state index in [0.29, 0.717) is 11.4 Å². The number of hydrogen-bond donors (Lipinski definition) is 2. The second-order valence-corrected chi connectivity index (χ2v) is 9.76. The number of rotatable bonds is 5. The maximum Gasteiger partial charge on any atom is 0.262 e. The Morgan fingerprint density at radius 2 is 1.84 bits per heavy atom. The van der Waals surface area contributed by atoms with Gasteiger partial charge in [0.2, 0.25) is 0 Å². The van der Waals surface area contributed by atoms with E-state index in [1.165, 1.54) is 19.2 Å². The largest absolute Gasteiger partial charge is 0.495 e. The lowest BCUT2D eigenvalue weighted by atomic mass is 9.77. The first-order valence-corrected chi connectivity index (χ1v) is 11.9. The SMILES string of the molecule is COc1ccccc1NS(=O)(=O)c1ccc2c(c1)[C@H]1C=CC[C@H]1[C@@H](c1ccc(F)cc1)N2. The van der Waals surface area contributed by atoms with Crippen LogP contribution < -0.4 is 14.8 Å². The maximum absolute atomic E-state index is 13.4. The zero-order chi connectivity index (χ0) is 22.3. The van der Waals surface area contributed by atoms with Crippen molar-refractivity contribution in [3.8, 4) is 5.75 Å². The van der Waals surface area contributed by atoms with Gasteiger partial charge >= 0.3 is 0 Å². The molecule has 2 aliphatic rings. The van der Waals surface area contributed by atoms with Crippen molar-refractivity contribution in [2.75, 3.05) is 17.1 Å². The van der Waals surface area contributed by atoms with Crippen LogP contribution in [0.4, 0.5) is 15.8 Å². The first-order chi connectivity index (χ1) is 15.5. The number of hydrogen-bond acceptors (Lipinski definition) is 4. The van der Waals surface area contributed by atoms with Crippen LogP contribution in [-0.2, 0) is 10.0 Å². The Labute approximate surface area is 187 Å². The normalized spacial score (nSPS) is 21.4. The maximum atomic E-state index is 13.4. The van der Waals surface area contributed by atoms with Gasteiger partial charge in [-0.05, 0) is 65.9 Å². The van der Waals surface area contributed by atoms with Crippen LogP contribution in [0.1, 0.15) is 29.5 Å². The van der Waals surface area contributed by atoms with E-state index < -0.39 is 10.0 Å². The second kappa shape index (κ2) is 7.98. The number of fused-ring (bicyclic) bond motifs is 3. The summed E-state index contributed by atoms with van der Waals surface area (Å²) in [6, 6.07) is 18.7. The Hall–Kier alpha value is -3.32. The van der Waals surface area contributed by atoms with Crippen molar-refractivity contribution in [2.45, 2.75) is 23.3 Å². The lowest BCUT2D eigenvalue weighted by Gasteiger charge is -2.37. The van der Waals surface area contributed by atoms with Crippen LogP contribution in [0, 0.1) is 11.7 Å². The van der Waals surface area contributed by atoms with Gasteiger partial charge in [0, 0.05) is 11.6 Å². The summed E-state index contributed by atoms with van der Waals surface area (Å²) in [6.45, 7) is 0. The third kappa shape index (κ3) is 3.62. The number of allylic oxidation sites excluding steroid dienone is 2. The molecule has 5 rings (SSSR count). The van der Waals surface area contributed by atoms with Crippen LogP contribution in [0.15, 0.2) is 83.8 Å². The molecule has 0 aromatic heterocycles. The standard InChI is InChI=1S/C25H23FN2O3S/c1-31-24-8-3-2-7-23(24)28-32(29,30)18-13-14-22-21(15-18)19-5-4-6-20(19)25(27-22)16-9-11-17(26)12-10-16/h2-5,7-15,19-20,25,27-28H,6H2,1H3/t19-,20+,25+/m0/s1. The molecule has 2 N–H and O–H groups in total. The van der Waals surface area contributed by atoms with Crippen LogP contribution >= 0.6 is 0 Å². The molecule has 0 spiro atoms. The van der Waals surface area contributed by atoms with E-state index in [4.69, 9.17) is 4.74 Å². The van der Waals surface area contributed by atoms with Gasteiger partial charge < -0.3 is 10.1 Å². The van der Waals surface area contributed by atoms with E-state index in [1.54, 1.807) is 36.4 Å². The van der Waals surface area contributed by atoms with Crippen LogP contribution in [0.5, 0.6) is 5.75 Å². The molecule has 0 saturated heterocycles. The van der Waals surface area contributed by atoms with E-state index in [2.05, 4.69) is 22.2 Å². The summed E-state index contributed by atoms with van der Waals surface area (Å²) in [7, 11) is -2.30. The first kappa shape index (κ1) is 20.6. The molecule has 1 aliphatic carbocycles. The third-order valence-corrected chi connectivity index (χ3v) is 7.59. The fourth-order valence-electron chi connectivity index (χ4n) is 4.67. The van der Waals surface area contributed by atoms with E-state index in [9.17, 15) is 12.8 Å². The Morgan fingerprint density at radius 1 is 1.06 bits per heavy atom. The van der Waals surface area contributed by atoms with Gasteiger partial charge in [-0.1, -0.05) is 36.4 Å². The van der Waals surface area contributed by atoms with Crippen LogP contribution in [0.3, 0.4) is 0 Å². The Bertz CT molecular complexity index is 1290. The number of para-hydroxylation sites is 2. The number of ether oxygens (including phenoxy) is 1. The summed E-state index contributed by atoms with van der Waals surface area (Å²) in [5, 5.41) is 3.55. The quantitative estimate of drug-likeness (QED) is 0.507. The first-order valence-electron chi connectivity index (χ1n) is 10.4. The summed E-state index contributed by atoms with van der Waals surface area (Å²) in [6.07, 6.45) is 5.15. The minimum Gasteiger partial charge on any atom is -0.495 e. The van der Waals surface area contributed by atoms with Crippen molar-refractivity contribution >= 4 is 21.4 Å². The number of methoxy groups -OCH3 is 1. The average molecular weight is 451 g/mol. The summed E-state index contributed by atoms with van der Waals surface area (Å²) < 4.78 is 47.6. The summed E-state index contributed by atoms with van der Waals surface area (Å²) in [4.78, 5) is 0.197. The Kier molecular flexibility index (Phi) is 5.13. The van der Waals surface area contributed by atoms with Gasteiger partial charge in [0.05, 0.1) is 23.7 Å². The van der Waals surface area contributed by atoms with Gasteiger partial charge in [0.15, 0.2) is 0 Å². The molecule has 1 aliphatic heterocycles. The summed E-state index contributed by atoms with van der Waals surface area (Å²) in [5.41, 5.74) is 3.25. The molecule has 1 heterocycles. The molecule has 3 aromatic carbocycles. The van der Waals surface area contributed by atoms with Crippen molar-refractivity contribution in [1.29, 1.82) is 0 Å². The minimum absolute atomic E-state index is 0.0252. The molecule has 3 aromatic rings. The predicted molar refractivity (Wildman–Crippen MR) is 123 cm³/mol. The summed E-state index contributed by atoms with van der Waals surface area (Å²) in [5.74, 6) is 0.510. The number of halogens is 1. The van der Waals surface area contributed by atoms with Crippen molar-refractivity contribution in [2.24, 2.45) is 5.92 Å². The van der Waals surface area contributed by atoms with Crippen molar-refractivity contribution < 1.29 is 17.5 Å². The van der Waals surface area contributed by atoms with E-state index >= 15 is 0 Å². The average Bonchev–Trinajstić information content (AvgIpc) is 3.29. The van der Waals surface area contributed by atoms with Crippen LogP contribution in [-0.4, -0.2) is 15.5 Å². The van der Waals surface area contributed by atoms with Crippen molar-refractivity contribution in [1.82, 2.24) is 0 Å². The number of benzene rings is 3.